The lowest BCUT2D eigenvalue weighted by Gasteiger charge is -2.05. The summed E-state index contributed by atoms with van der Waals surface area (Å²) in [6, 6.07) is 4.51. The van der Waals surface area contributed by atoms with E-state index in [1.807, 2.05) is 0 Å². The minimum atomic E-state index is -2.95. The van der Waals surface area contributed by atoms with Gasteiger partial charge in [0.05, 0.1) is 11.5 Å². The average Bonchev–Trinajstić information content (AvgIpc) is 2.18. The molecule has 2 rings (SSSR count). The van der Waals surface area contributed by atoms with Gasteiger partial charge in [0.15, 0.2) is 0 Å². The third kappa shape index (κ3) is 1.95. The van der Waals surface area contributed by atoms with Crippen molar-refractivity contribution in [1.29, 1.82) is 0 Å². The van der Waals surface area contributed by atoms with Gasteiger partial charge in [0.25, 0.3) is 0 Å². The molecule has 0 amide bonds. The van der Waals surface area contributed by atoms with E-state index in [0.717, 1.165) is 6.07 Å². The second kappa shape index (κ2) is 3.80. The predicted octanol–water partition coefficient (Wildman–Crippen LogP) is 2.10. The van der Waals surface area contributed by atoms with Crippen LogP contribution in [0.5, 0.6) is 11.5 Å². The van der Waals surface area contributed by atoms with E-state index in [-0.39, 0.29) is 22.5 Å². The van der Waals surface area contributed by atoms with E-state index in [0.29, 0.717) is 0 Å². The maximum absolute atomic E-state index is 11.9. The van der Waals surface area contributed by atoms with Gasteiger partial charge in [-0.25, -0.2) is 4.79 Å². The first-order valence-electron chi connectivity index (χ1n) is 4.28. The first-order valence-corrected chi connectivity index (χ1v) is 4.28. The highest BCUT2D eigenvalue weighted by atomic mass is 19.3. The van der Waals surface area contributed by atoms with Gasteiger partial charge >= 0.3 is 12.2 Å². The van der Waals surface area contributed by atoms with Crippen LogP contribution in [0.1, 0.15) is 0 Å². The molecule has 2 aromatic rings. The van der Waals surface area contributed by atoms with Crippen LogP contribution in [0, 0.1) is 0 Å². The molecule has 16 heavy (non-hydrogen) atoms. The van der Waals surface area contributed by atoms with Gasteiger partial charge in [0.1, 0.15) is 17.1 Å². The van der Waals surface area contributed by atoms with Crippen LogP contribution >= 0.6 is 0 Å². The monoisotopic (exact) mass is 228 g/mol. The highest BCUT2D eigenvalue weighted by Crippen LogP contribution is 2.27. The van der Waals surface area contributed by atoms with Gasteiger partial charge in [-0.2, -0.15) is 8.78 Å². The lowest BCUT2D eigenvalue weighted by atomic mass is 10.2. The van der Waals surface area contributed by atoms with Crippen LogP contribution in [0.15, 0.2) is 33.5 Å². The maximum Gasteiger partial charge on any atom is 0.387 e. The van der Waals surface area contributed by atoms with Crippen molar-refractivity contribution in [2.75, 3.05) is 0 Å². The number of aromatic hydroxyl groups is 1. The molecule has 1 aromatic carbocycles. The summed E-state index contributed by atoms with van der Waals surface area (Å²) in [6.45, 7) is -2.95. The molecule has 0 aliphatic heterocycles. The SMILES string of the molecule is O=c1cc(O)c2cc(OC(F)F)ccc2o1. The number of alkyl halides is 2. The Morgan fingerprint density at radius 1 is 1.31 bits per heavy atom. The molecule has 0 bridgehead atoms. The van der Waals surface area contributed by atoms with Crippen LogP contribution in [0.3, 0.4) is 0 Å². The lowest BCUT2D eigenvalue weighted by Crippen LogP contribution is -2.02. The molecule has 0 atom stereocenters. The van der Waals surface area contributed by atoms with Crippen molar-refractivity contribution >= 4 is 11.0 Å². The largest absolute Gasteiger partial charge is 0.507 e. The second-order valence-corrected chi connectivity index (χ2v) is 2.99. The molecule has 0 spiro atoms. The van der Waals surface area contributed by atoms with Gasteiger partial charge in [-0.05, 0) is 18.2 Å². The van der Waals surface area contributed by atoms with Gasteiger partial charge in [-0.15, -0.1) is 0 Å². The first-order chi connectivity index (χ1) is 7.56. The number of hydrogen-bond acceptors (Lipinski definition) is 4. The fourth-order valence-corrected chi connectivity index (χ4v) is 1.30. The summed E-state index contributed by atoms with van der Waals surface area (Å²) >= 11 is 0. The Balaban J connectivity index is 2.57. The quantitative estimate of drug-likeness (QED) is 0.799. The lowest BCUT2D eigenvalue weighted by molar-refractivity contribution is -0.0497. The highest BCUT2D eigenvalue weighted by Gasteiger charge is 2.08. The molecule has 0 unspecified atom stereocenters. The van der Waals surface area contributed by atoms with Gasteiger partial charge in [0.2, 0.25) is 0 Å². The van der Waals surface area contributed by atoms with E-state index in [4.69, 9.17) is 4.42 Å². The number of benzene rings is 1. The van der Waals surface area contributed by atoms with Crippen LogP contribution in [0.4, 0.5) is 8.78 Å². The molecular weight excluding hydrogens is 222 g/mol. The summed E-state index contributed by atoms with van der Waals surface area (Å²) in [5, 5.41) is 9.54. The van der Waals surface area contributed by atoms with Crippen LogP contribution in [0.25, 0.3) is 11.0 Å². The highest BCUT2D eigenvalue weighted by molar-refractivity contribution is 5.84. The minimum absolute atomic E-state index is 0.103. The topological polar surface area (TPSA) is 59.7 Å². The molecule has 0 saturated carbocycles. The van der Waals surface area contributed by atoms with Gasteiger partial charge in [-0.1, -0.05) is 0 Å². The molecule has 1 N–H and O–H groups in total. The number of fused-ring (bicyclic) bond motifs is 1. The minimum Gasteiger partial charge on any atom is -0.507 e. The summed E-state index contributed by atoms with van der Waals surface area (Å²) in [6.07, 6.45) is 0. The maximum atomic E-state index is 11.9. The van der Waals surface area contributed by atoms with E-state index >= 15 is 0 Å². The zero-order valence-electron chi connectivity index (χ0n) is 7.81. The second-order valence-electron chi connectivity index (χ2n) is 2.99. The van der Waals surface area contributed by atoms with Crippen molar-refractivity contribution in [3.05, 3.63) is 34.7 Å². The van der Waals surface area contributed by atoms with E-state index in [9.17, 15) is 18.7 Å². The summed E-state index contributed by atoms with van der Waals surface area (Å²) in [4.78, 5) is 10.9. The predicted molar refractivity (Wildman–Crippen MR) is 50.8 cm³/mol. The number of rotatable bonds is 2. The molecule has 6 heteroatoms. The van der Waals surface area contributed by atoms with Crippen molar-refractivity contribution in [2.24, 2.45) is 0 Å². The summed E-state index contributed by atoms with van der Waals surface area (Å²) in [5.74, 6) is -0.461. The molecule has 1 aromatic heterocycles. The number of ether oxygens (including phenoxy) is 1. The fourth-order valence-electron chi connectivity index (χ4n) is 1.30. The van der Waals surface area contributed by atoms with Gasteiger partial charge in [-0.3, -0.25) is 0 Å². The Bertz CT molecular complexity index is 577. The van der Waals surface area contributed by atoms with E-state index in [2.05, 4.69) is 4.74 Å². The molecule has 84 valence electrons. The third-order valence-corrected chi connectivity index (χ3v) is 1.92. The standard InChI is InChI=1S/C10H6F2O4/c11-10(12)15-5-1-2-8-6(3-5)7(13)4-9(14)16-8/h1-4,10,13H. The Kier molecular flexibility index (Phi) is 2.47. The molecule has 4 nitrogen and oxygen atoms in total. The van der Waals surface area contributed by atoms with Crippen molar-refractivity contribution in [1.82, 2.24) is 0 Å². The Hall–Kier alpha value is -2.11. The zero-order valence-corrected chi connectivity index (χ0v) is 7.81. The molecule has 0 saturated heterocycles. The molecule has 0 radical (unpaired) electrons. The molecular formula is C10H6F2O4. The summed E-state index contributed by atoms with van der Waals surface area (Å²) < 4.78 is 32.7. The van der Waals surface area contributed by atoms with Crippen LogP contribution in [0.2, 0.25) is 0 Å². The van der Waals surface area contributed by atoms with Crippen molar-refractivity contribution in [3.8, 4) is 11.5 Å². The average molecular weight is 228 g/mol. The normalized spacial score (nSPS) is 10.9. The third-order valence-electron chi connectivity index (χ3n) is 1.92. The van der Waals surface area contributed by atoms with Crippen molar-refractivity contribution < 1.29 is 23.0 Å². The van der Waals surface area contributed by atoms with E-state index in [1.165, 1.54) is 18.2 Å². The molecule has 1 heterocycles. The van der Waals surface area contributed by atoms with Crippen LogP contribution < -0.4 is 10.4 Å². The van der Waals surface area contributed by atoms with E-state index < -0.39 is 12.2 Å². The molecule has 0 aliphatic carbocycles. The Morgan fingerprint density at radius 3 is 2.75 bits per heavy atom. The molecule has 0 fully saturated rings. The van der Waals surface area contributed by atoms with Gasteiger partial charge in [0, 0.05) is 0 Å². The van der Waals surface area contributed by atoms with Crippen molar-refractivity contribution in [2.45, 2.75) is 6.61 Å². The molecule has 0 aliphatic rings. The smallest absolute Gasteiger partial charge is 0.387 e. The van der Waals surface area contributed by atoms with Gasteiger partial charge < -0.3 is 14.3 Å². The van der Waals surface area contributed by atoms with Crippen molar-refractivity contribution in [3.63, 3.8) is 0 Å². The van der Waals surface area contributed by atoms with E-state index in [1.54, 1.807) is 0 Å². The number of hydrogen-bond donors (Lipinski definition) is 1. The van der Waals surface area contributed by atoms with Crippen LogP contribution in [-0.2, 0) is 0 Å². The fraction of sp³-hybridized carbons (Fsp3) is 0.100. The Morgan fingerprint density at radius 2 is 2.06 bits per heavy atom. The Labute approximate surface area is 87.7 Å². The van der Waals surface area contributed by atoms with Crippen LogP contribution in [-0.4, -0.2) is 11.7 Å². The first kappa shape index (κ1) is 10.4. The zero-order chi connectivity index (χ0) is 11.7. The number of halogens is 2. The summed E-state index contributed by atoms with van der Waals surface area (Å²) in [5.41, 5.74) is -0.612. The summed E-state index contributed by atoms with van der Waals surface area (Å²) in [7, 11) is 0.